The molecule has 0 aromatic heterocycles. The predicted molar refractivity (Wildman–Crippen MR) is 122 cm³/mol. The highest BCUT2D eigenvalue weighted by atomic mass is 16.5. The number of carbonyl (C=O) groups excluding carboxylic acids is 2. The van der Waals surface area contributed by atoms with Crippen LogP contribution >= 0.6 is 0 Å². The van der Waals surface area contributed by atoms with E-state index in [9.17, 15) is 9.59 Å². The third kappa shape index (κ3) is 3.74. The van der Waals surface area contributed by atoms with Crippen molar-refractivity contribution in [1.82, 2.24) is 0 Å². The molecule has 168 valence electrons. The number of ketones is 1. The SMILES string of the molecule is COc1cc(OC)c([C@@H]2CC(=O)N(c3ccccc3)C3=C2C(=O)CC(C)(C)C3)cc1OC. The molecule has 1 atom stereocenters. The van der Waals surface area contributed by atoms with Crippen LogP contribution in [0, 0.1) is 5.41 Å². The van der Waals surface area contributed by atoms with Crippen molar-refractivity contribution in [1.29, 1.82) is 0 Å². The van der Waals surface area contributed by atoms with E-state index in [1.807, 2.05) is 36.4 Å². The van der Waals surface area contributed by atoms with Crippen molar-refractivity contribution in [3.05, 3.63) is 59.3 Å². The van der Waals surface area contributed by atoms with Crippen molar-refractivity contribution in [2.45, 2.75) is 39.0 Å². The zero-order chi connectivity index (χ0) is 23.0. The molecule has 1 aliphatic heterocycles. The fourth-order valence-electron chi connectivity index (χ4n) is 4.88. The Kier molecular flexibility index (Phi) is 5.71. The summed E-state index contributed by atoms with van der Waals surface area (Å²) < 4.78 is 16.6. The summed E-state index contributed by atoms with van der Waals surface area (Å²) in [5.41, 5.74) is 2.79. The van der Waals surface area contributed by atoms with Crippen molar-refractivity contribution in [2.24, 2.45) is 5.41 Å². The van der Waals surface area contributed by atoms with E-state index >= 15 is 0 Å². The van der Waals surface area contributed by atoms with Crippen molar-refractivity contribution >= 4 is 17.4 Å². The van der Waals surface area contributed by atoms with Crippen molar-refractivity contribution in [3.8, 4) is 17.2 Å². The number of carbonyl (C=O) groups is 2. The lowest BCUT2D eigenvalue weighted by Gasteiger charge is -2.43. The first-order valence-corrected chi connectivity index (χ1v) is 10.7. The van der Waals surface area contributed by atoms with Gasteiger partial charge < -0.3 is 14.2 Å². The minimum Gasteiger partial charge on any atom is -0.496 e. The van der Waals surface area contributed by atoms with Crippen LogP contribution in [0.4, 0.5) is 5.69 Å². The summed E-state index contributed by atoms with van der Waals surface area (Å²) in [4.78, 5) is 28.7. The van der Waals surface area contributed by atoms with Gasteiger partial charge in [-0.05, 0) is 30.0 Å². The highest BCUT2D eigenvalue weighted by Crippen LogP contribution is 2.50. The Morgan fingerprint density at radius 3 is 2.12 bits per heavy atom. The largest absolute Gasteiger partial charge is 0.496 e. The number of hydrogen-bond acceptors (Lipinski definition) is 5. The number of amides is 1. The van der Waals surface area contributed by atoms with Crippen LogP contribution in [0.25, 0.3) is 0 Å². The van der Waals surface area contributed by atoms with Gasteiger partial charge in [-0.2, -0.15) is 0 Å². The van der Waals surface area contributed by atoms with E-state index in [1.165, 1.54) is 0 Å². The molecule has 0 unspecified atom stereocenters. The van der Waals surface area contributed by atoms with Gasteiger partial charge in [0.25, 0.3) is 0 Å². The average Bonchev–Trinajstić information content (AvgIpc) is 2.77. The van der Waals surface area contributed by atoms with Gasteiger partial charge >= 0.3 is 0 Å². The van der Waals surface area contributed by atoms with Crippen LogP contribution in [0.3, 0.4) is 0 Å². The number of methoxy groups -OCH3 is 3. The van der Waals surface area contributed by atoms with Gasteiger partial charge in [0.1, 0.15) is 5.75 Å². The van der Waals surface area contributed by atoms with Gasteiger partial charge in [0.15, 0.2) is 17.3 Å². The minimum atomic E-state index is -0.407. The van der Waals surface area contributed by atoms with E-state index in [0.717, 1.165) is 16.9 Å². The summed E-state index contributed by atoms with van der Waals surface area (Å²) in [7, 11) is 4.70. The highest BCUT2D eigenvalue weighted by Gasteiger charge is 2.45. The number of Topliss-reactive ketones (excluding diaryl/α,β-unsaturated/α-hetero) is 1. The number of anilines is 1. The van der Waals surface area contributed by atoms with Crippen LogP contribution in [-0.4, -0.2) is 33.0 Å². The molecule has 0 spiro atoms. The van der Waals surface area contributed by atoms with Gasteiger partial charge in [0.05, 0.1) is 21.3 Å². The molecule has 2 aliphatic rings. The average molecular weight is 436 g/mol. The molecule has 0 saturated carbocycles. The van der Waals surface area contributed by atoms with Gasteiger partial charge in [-0.25, -0.2) is 0 Å². The summed E-state index contributed by atoms with van der Waals surface area (Å²) in [5, 5.41) is 0. The van der Waals surface area contributed by atoms with E-state index < -0.39 is 5.92 Å². The van der Waals surface area contributed by atoms with Crippen molar-refractivity contribution in [2.75, 3.05) is 26.2 Å². The second-order valence-electron chi connectivity index (χ2n) is 9.07. The third-order valence-electron chi connectivity index (χ3n) is 6.27. The number of para-hydroxylation sites is 1. The first kappa shape index (κ1) is 21.9. The van der Waals surface area contributed by atoms with Crippen LogP contribution in [-0.2, 0) is 9.59 Å². The Morgan fingerprint density at radius 2 is 1.50 bits per heavy atom. The summed E-state index contributed by atoms with van der Waals surface area (Å²) in [5.74, 6) is 1.26. The Hall–Kier alpha value is -3.28. The Balaban J connectivity index is 1.94. The minimum absolute atomic E-state index is 0.0395. The van der Waals surface area contributed by atoms with Crippen LogP contribution < -0.4 is 19.1 Å². The summed E-state index contributed by atoms with van der Waals surface area (Å²) in [6.45, 7) is 4.14. The van der Waals surface area contributed by atoms with Gasteiger partial charge in [-0.1, -0.05) is 32.0 Å². The molecule has 0 radical (unpaired) electrons. The molecule has 6 nitrogen and oxygen atoms in total. The lowest BCUT2D eigenvalue weighted by Crippen LogP contribution is -2.43. The molecule has 1 heterocycles. The molecule has 0 fully saturated rings. The fourth-order valence-corrected chi connectivity index (χ4v) is 4.88. The molecular weight excluding hydrogens is 406 g/mol. The fraction of sp³-hybridized carbons (Fsp3) is 0.385. The zero-order valence-corrected chi connectivity index (χ0v) is 19.2. The maximum Gasteiger partial charge on any atom is 0.232 e. The number of nitrogens with zero attached hydrogens (tertiary/aromatic N) is 1. The molecule has 0 saturated heterocycles. The number of benzene rings is 2. The summed E-state index contributed by atoms with van der Waals surface area (Å²) >= 11 is 0. The molecule has 4 rings (SSSR count). The number of hydrogen-bond donors (Lipinski definition) is 0. The third-order valence-corrected chi connectivity index (χ3v) is 6.27. The van der Waals surface area contributed by atoms with Crippen molar-refractivity contribution in [3.63, 3.8) is 0 Å². The van der Waals surface area contributed by atoms with Crippen LogP contribution in [0.1, 0.15) is 44.6 Å². The van der Waals surface area contributed by atoms with E-state index in [4.69, 9.17) is 14.2 Å². The molecule has 6 heteroatoms. The van der Waals surface area contributed by atoms with E-state index in [-0.39, 0.29) is 23.5 Å². The van der Waals surface area contributed by atoms with Gasteiger partial charge in [0, 0.05) is 47.3 Å². The summed E-state index contributed by atoms with van der Waals surface area (Å²) in [6.07, 6.45) is 1.25. The van der Waals surface area contributed by atoms with Crippen LogP contribution in [0.2, 0.25) is 0 Å². The molecule has 1 amide bonds. The molecule has 1 aliphatic carbocycles. The Bertz CT molecular complexity index is 1090. The molecule has 2 aromatic carbocycles. The second kappa shape index (κ2) is 8.34. The molecule has 32 heavy (non-hydrogen) atoms. The maximum absolute atomic E-state index is 13.5. The zero-order valence-electron chi connectivity index (χ0n) is 19.2. The highest BCUT2D eigenvalue weighted by molar-refractivity contribution is 6.08. The first-order valence-electron chi connectivity index (χ1n) is 10.7. The standard InChI is InChI=1S/C26H29NO5/c1-26(2)14-19-25(20(28)15-26)18(12-24(29)27(19)16-9-7-6-8-10-16)17-11-22(31-4)23(32-5)13-21(17)30-3/h6-11,13,18H,12,14-15H2,1-5H3/t18-/m0/s1. The molecular formula is C26H29NO5. The second-order valence-corrected chi connectivity index (χ2v) is 9.07. The van der Waals surface area contributed by atoms with E-state index in [2.05, 4.69) is 13.8 Å². The van der Waals surface area contributed by atoms with E-state index in [0.29, 0.717) is 35.7 Å². The number of allylic oxidation sites excluding steroid dienone is 2. The number of ether oxygens (including phenoxy) is 3. The van der Waals surface area contributed by atoms with Gasteiger partial charge in [0.2, 0.25) is 5.91 Å². The molecule has 0 N–H and O–H groups in total. The van der Waals surface area contributed by atoms with Crippen LogP contribution in [0.5, 0.6) is 17.2 Å². The smallest absolute Gasteiger partial charge is 0.232 e. The first-order chi connectivity index (χ1) is 15.3. The predicted octanol–water partition coefficient (Wildman–Crippen LogP) is 4.88. The lowest BCUT2D eigenvalue weighted by atomic mass is 9.69. The quantitative estimate of drug-likeness (QED) is 0.670. The van der Waals surface area contributed by atoms with Crippen molar-refractivity contribution < 1.29 is 23.8 Å². The Labute approximate surface area is 188 Å². The number of rotatable bonds is 5. The molecule has 2 aromatic rings. The van der Waals surface area contributed by atoms with E-state index in [1.54, 1.807) is 32.3 Å². The lowest BCUT2D eigenvalue weighted by molar-refractivity contribution is -0.121. The van der Waals surface area contributed by atoms with Crippen LogP contribution in [0.15, 0.2) is 53.7 Å². The molecule has 0 bridgehead atoms. The topological polar surface area (TPSA) is 65.1 Å². The maximum atomic E-state index is 13.5. The summed E-state index contributed by atoms with van der Waals surface area (Å²) in [6, 6.07) is 13.1. The van der Waals surface area contributed by atoms with Gasteiger partial charge in [-0.3, -0.25) is 14.5 Å². The monoisotopic (exact) mass is 435 g/mol. The normalized spacial score (nSPS) is 20.2. The Morgan fingerprint density at radius 1 is 0.875 bits per heavy atom. The van der Waals surface area contributed by atoms with Gasteiger partial charge in [-0.15, -0.1) is 0 Å².